The Hall–Kier alpha value is -2.37. The molecule has 0 amide bonds. The number of carboxylic acid groups (broad SMARTS) is 1. The van der Waals surface area contributed by atoms with Gasteiger partial charge in [0.05, 0.1) is 24.4 Å². The summed E-state index contributed by atoms with van der Waals surface area (Å²) in [5.74, 6) is -4.13. The third kappa shape index (κ3) is 5.37. The van der Waals surface area contributed by atoms with Crippen LogP contribution in [0.15, 0.2) is 30.3 Å². The van der Waals surface area contributed by atoms with E-state index in [2.05, 4.69) is 4.74 Å². The molecule has 1 aromatic rings. The Balaban J connectivity index is 2.78. The van der Waals surface area contributed by atoms with Crippen LogP contribution in [0.5, 0.6) is 0 Å². The fourth-order valence-electron chi connectivity index (χ4n) is 2.34. The van der Waals surface area contributed by atoms with Gasteiger partial charge in [0.2, 0.25) is 0 Å². The normalized spacial score (nSPS) is 13.7. The van der Waals surface area contributed by atoms with Crippen molar-refractivity contribution in [1.82, 2.24) is 0 Å². The quantitative estimate of drug-likeness (QED) is 0.734. The van der Waals surface area contributed by atoms with E-state index < -0.39 is 35.2 Å². The molecule has 0 radical (unpaired) electrons. The lowest BCUT2D eigenvalue weighted by Gasteiger charge is -2.28. The Bertz CT molecular complexity index is 578. The molecule has 0 aliphatic carbocycles. The van der Waals surface area contributed by atoms with Gasteiger partial charge in [-0.15, -0.1) is 0 Å². The highest BCUT2D eigenvalue weighted by molar-refractivity contribution is 5.82. The highest BCUT2D eigenvalue weighted by Crippen LogP contribution is 2.32. The van der Waals surface area contributed by atoms with Gasteiger partial charge < -0.3 is 14.6 Å². The van der Waals surface area contributed by atoms with Crippen LogP contribution in [0.1, 0.15) is 32.8 Å². The van der Waals surface area contributed by atoms with Gasteiger partial charge in [0.25, 0.3) is 0 Å². The molecule has 1 aromatic carbocycles. The van der Waals surface area contributed by atoms with E-state index in [9.17, 15) is 14.4 Å². The van der Waals surface area contributed by atoms with Gasteiger partial charge in [-0.2, -0.15) is 0 Å². The van der Waals surface area contributed by atoms with Crippen molar-refractivity contribution in [3.05, 3.63) is 35.9 Å². The lowest BCUT2D eigenvalue weighted by molar-refractivity contribution is -0.162. The Morgan fingerprint density at radius 3 is 2.25 bits per heavy atom. The molecule has 0 heterocycles. The van der Waals surface area contributed by atoms with Gasteiger partial charge in [-0.25, -0.2) is 0 Å². The van der Waals surface area contributed by atoms with Crippen LogP contribution in [0.2, 0.25) is 0 Å². The minimum Gasteiger partial charge on any atom is -0.481 e. The predicted octanol–water partition coefficient (Wildman–Crippen LogP) is 2.66. The van der Waals surface area contributed by atoms with E-state index in [1.54, 1.807) is 13.8 Å². The predicted molar refractivity (Wildman–Crippen MR) is 86.9 cm³/mol. The van der Waals surface area contributed by atoms with Gasteiger partial charge in [-0.3, -0.25) is 14.4 Å². The van der Waals surface area contributed by atoms with Crippen molar-refractivity contribution >= 4 is 17.9 Å². The number of ether oxygens (including phenoxy) is 2. The SMILES string of the molecule is COC(=O)C(CC(C)(C)C(=O)OCc1ccccc1)C(C)C(=O)O. The van der Waals surface area contributed by atoms with Crippen molar-refractivity contribution in [2.45, 2.75) is 33.8 Å². The van der Waals surface area contributed by atoms with E-state index in [4.69, 9.17) is 9.84 Å². The monoisotopic (exact) mass is 336 g/mol. The molecule has 132 valence electrons. The lowest BCUT2D eigenvalue weighted by Crippen LogP contribution is -2.36. The van der Waals surface area contributed by atoms with Crippen molar-refractivity contribution in [1.29, 1.82) is 0 Å². The van der Waals surface area contributed by atoms with Crippen LogP contribution >= 0.6 is 0 Å². The van der Waals surface area contributed by atoms with Crippen LogP contribution in [0.3, 0.4) is 0 Å². The standard InChI is InChI=1S/C18H24O6/c1-12(15(19)20)14(16(21)23-4)10-18(2,3)17(22)24-11-13-8-6-5-7-9-13/h5-9,12,14H,10-11H2,1-4H3,(H,19,20). The number of rotatable bonds is 8. The molecule has 0 aliphatic heterocycles. The largest absolute Gasteiger partial charge is 0.481 e. The molecule has 0 saturated carbocycles. The van der Waals surface area contributed by atoms with Gasteiger partial charge in [-0.05, 0) is 25.8 Å². The molecule has 6 nitrogen and oxygen atoms in total. The smallest absolute Gasteiger partial charge is 0.311 e. The zero-order valence-electron chi connectivity index (χ0n) is 14.4. The Morgan fingerprint density at radius 1 is 1.17 bits per heavy atom. The molecule has 0 fully saturated rings. The zero-order chi connectivity index (χ0) is 18.3. The summed E-state index contributed by atoms with van der Waals surface area (Å²) in [6, 6.07) is 9.23. The molecule has 0 saturated heterocycles. The summed E-state index contributed by atoms with van der Waals surface area (Å²) >= 11 is 0. The van der Waals surface area contributed by atoms with Gasteiger partial charge in [0.15, 0.2) is 0 Å². The van der Waals surface area contributed by atoms with E-state index in [0.717, 1.165) is 5.56 Å². The van der Waals surface area contributed by atoms with Crippen LogP contribution in [-0.2, 0) is 30.5 Å². The Kier molecular flexibility index (Phi) is 6.95. The average Bonchev–Trinajstić information content (AvgIpc) is 2.56. The summed E-state index contributed by atoms with van der Waals surface area (Å²) in [7, 11) is 1.20. The second-order valence-electron chi connectivity index (χ2n) is 6.41. The minimum atomic E-state index is -1.11. The fourth-order valence-corrected chi connectivity index (χ4v) is 2.34. The van der Waals surface area contributed by atoms with Crippen molar-refractivity contribution in [2.24, 2.45) is 17.3 Å². The summed E-state index contributed by atoms with van der Waals surface area (Å²) < 4.78 is 9.99. The van der Waals surface area contributed by atoms with E-state index in [0.29, 0.717) is 0 Å². The van der Waals surface area contributed by atoms with Crippen molar-refractivity contribution in [3.8, 4) is 0 Å². The first kappa shape index (κ1) is 19.7. The topological polar surface area (TPSA) is 89.9 Å². The second-order valence-corrected chi connectivity index (χ2v) is 6.41. The summed E-state index contributed by atoms with van der Waals surface area (Å²) in [4.78, 5) is 35.5. The molecule has 0 aromatic heterocycles. The third-order valence-corrected chi connectivity index (χ3v) is 3.99. The highest BCUT2D eigenvalue weighted by Gasteiger charge is 2.40. The molecule has 1 rings (SSSR count). The van der Waals surface area contributed by atoms with Crippen molar-refractivity contribution in [2.75, 3.05) is 7.11 Å². The number of aliphatic carboxylic acids is 1. The molecule has 2 unspecified atom stereocenters. The molecule has 2 atom stereocenters. The van der Waals surface area contributed by atoms with Gasteiger partial charge in [-0.1, -0.05) is 37.3 Å². The number of methoxy groups -OCH3 is 1. The number of hydrogen-bond acceptors (Lipinski definition) is 5. The number of esters is 2. The van der Waals surface area contributed by atoms with Crippen LogP contribution in [0, 0.1) is 17.3 Å². The van der Waals surface area contributed by atoms with Gasteiger partial charge in [0.1, 0.15) is 6.61 Å². The molecule has 0 aliphatic rings. The zero-order valence-corrected chi connectivity index (χ0v) is 14.4. The molecule has 1 N–H and O–H groups in total. The molecular formula is C18H24O6. The first-order valence-corrected chi connectivity index (χ1v) is 7.71. The molecular weight excluding hydrogens is 312 g/mol. The summed E-state index contributed by atoms with van der Waals surface area (Å²) in [5, 5.41) is 9.16. The molecule has 24 heavy (non-hydrogen) atoms. The van der Waals surface area contributed by atoms with Gasteiger partial charge in [0, 0.05) is 0 Å². The number of carboxylic acids is 1. The number of carbonyl (C=O) groups is 3. The van der Waals surface area contributed by atoms with E-state index >= 15 is 0 Å². The van der Waals surface area contributed by atoms with Crippen LogP contribution in [-0.4, -0.2) is 30.1 Å². The second kappa shape index (κ2) is 8.47. The number of carbonyl (C=O) groups excluding carboxylic acids is 2. The van der Waals surface area contributed by atoms with Crippen molar-refractivity contribution < 1.29 is 29.0 Å². The molecule has 6 heteroatoms. The number of benzene rings is 1. The lowest BCUT2D eigenvalue weighted by atomic mass is 9.78. The van der Waals surface area contributed by atoms with Crippen molar-refractivity contribution in [3.63, 3.8) is 0 Å². The first-order chi connectivity index (χ1) is 11.2. The van der Waals surface area contributed by atoms with Crippen LogP contribution in [0.4, 0.5) is 0 Å². The Morgan fingerprint density at radius 2 is 1.75 bits per heavy atom. The van der Waals surface area contributed by atoms with Crippen LogP contribution < -0.4 is 0 Å². The summed E-state index contributed by atoms with van der Waals surface area (Å²) in [6.07, 6.45) is 0.0285. The highest BCUT2D eigenvalue weighted by atomic mass is 16.5. The maximum absolute atomic E-state index is 12.4. The van der Waals surface area contributed by atoms with E-state index in [1.165, 1.54) is 14.0 Å². The van der Waals surface area contributed by atoms with Crippen LogP contribution in [0.25, 0.3) is 0 Å². The Labute approximate surface area is 141 Å². The maximum atomic E-state index is 12.4. The first-order valence-electron chi connectivity index (χ1n) is 7.71. The van der Waals surface area contributed by atoms with E-state index in [-0.39, 0.29) is 13.0 Å². The third-order valence-electron chi connectivity index (χ3n) is 3.99. The fraction of sp³-hybridized carbons (Fsp3) is 0.500. The van der Waals surface area contributed by atoms with Gasteiger partial charge >= 0.3 is 17.9 Å². The molecule has 0 spiro atoms. The average molecular weight is 336 g/mol. The van der Waals surface area contributed by atoms with E-state index in [1.807, 2.05) is 30.3 Å². The maximum Gasteiger partial charge on any atom is 0.311 e. The number of hydrogen-bond donors (Lipinski definition) is 1. The summed E-state index contributed by atoms with van der Waals surface area (Å²) in [6.45, 7) is 4.81. The molecule has 0 bridgehead atoms. The minimum absolute atomic E-state index is 0.0285. The summed E-state index contributed by atoms with van der Waals surface area (Å²) in [5.41, 5.74) is -0.165.